The summed E-state index contributed by atoms with van der Waals surface area (Å²) in [4.78, 5) is 2.67. The summed E-state index contributed by atoms with van der Waals surface area (Å²) in [6, 6.07) is 0.767. The topological polar surface area (TPSA) is 3.24 Å². The lowest BCUT2D eigenvalue weighted by atomic mass is 9.75. The first-order valence-corrected chi connectivity index (χ1v) is 6.01. The van der Waals surface area contributed by atoms with E-state index in [4.69, 9.17) is 0 Å². The molecule has 0 radical (unpaired) electrons. The maximum Gasteiger partial charge on any atom is 0.00387 e. The molecule has 0 aromatic rings. The molecule has 1 heterocycles. The van der Waals surface area contributed by atoms with Crippen LogP contribution in [-0.4, -0.2) is 24.0 Å². The van der Waals surface area contributed by atoms with E-state index in [1.807, 2.05) is 0 Å². The van der Waals surface area contributed by atoms with Crippen molar-refractivity contribution in [2.45, 2.75) is 59.4 Å². The van der Waals surface area contributed by atoms with Crippen molar-refractivity contribution < 1.29 is 1.43 Å². The van der Waals surface area contributed by atoms with Crippen LogP contribution in [0.25, 0.3) is 0 Å². The van der Waals surface area contributed by atoms with Gasteiger partial charge < -0.3 is 4.90 Å². The highest BCUT2D eigenvalue weighted by atomic mass is 15.2. The summed E-state index contributed by atoms with van der Waals surface area (Å²) in [7, 11) is 0. The fourth-order valence-electron chi connectivity index (χ4n) is 3.10. The Balaban J connectivity index is 0.000000980. The van der Waals surface area contributed by atoms with Crippen molar-refractivity contribution in [3.8, 4) is 0 Å². The highest BCUT2D eigenvalue weighted by Gasteiger charge is 2.31. The minimum absolute atomic E-state index is 0. The summed E-state index contributed by atoms with van der Waals surface area (Å²) in [5, 5.41) is 0. The van der Waals surface area contributed by atoms with Crippen LogP contribution in [0.1, 0.15) is 54.8 Å². The van der Waals surface area contributed by atoms with Crippen molar-refractivity contribution in [1.29, 1.82) is 0 Å². The Hall–Kier alpha value is -0.0400. The Labute approximate surface area is 91.4 Å². The number of likely N-dealkylation sites (tertiary alicyclic amines) is 1. The molecule has 1 saturated carbocycles. The Kier molecular flexibility index (Phi) is 4.43. The maximum absolute atomic E-state index is 2.67. The monoisotopic (exact) mass is 200 g/mol. The van der Waals surface area contributed by atoms with Crippen molar-refractivity contribution >= 4 is 0 Å². The van der Waals surface area contributed by atoms with E-state index in [9.17, 15) is 0 Å². The minimum atomic E-state index is 0. The van der Waals surface area contributed by atoms with E-state index in [1.165, 1.54) is 45.2 Å². The molecule has 0 aromatic carbocycles. The molecule has 0 aromatic heterocycles. The largest absolute Gasteiger partial charge is 0.301 e. The van der Waals surface area contributed by atoms with Gasteiger partial charge in [-0.2, -0.15) is 0 Å². The Morgan fingerprint density at radius 2 is 1.71 bits per heavy atom. The van der Waals surface area contributed by atoms with Gasteiger partial charge in [-0.15, -0.1) is 0 Å². The van der Waals surface area contributed by atoms with Gasteiger partial charge in [0.25, 0.3) is 0 Å². The standard InChI is InChI=1S/C12H23N.CH4.H2/c1-10(2)13-8-7-11-5-3-4-6-12(11)9-13;;/h10-12H,3-9H2,1-2H3;1H4;1H/i;;1+1. The van der Waals surface area contributed by atoms with E-state index in [0.717, 1.165) is 17.9 Å². The Bertz CT molecular complexity index is 170. The van der Waals surface area contributed by atoms with E-state index in [-0.39, 0.29) is 8.85 Å². The van der Waals surface area contributed by atoms with Crippen LogP contribution in [0, 0.1) is 11.8 Å². The van der Waals surface area contributed by atoms with E-state index >= 15 is 0 Å². The molecular formula is C13H29N. The van der Waals surface area contributed by atoms with Gasteiger partial charge in [0.1, 0.15) is 0 Å². The summed E-state index contributed by atoms with van der Waals surface area (Å²) in [5.41, 5.74) is 0. The van der Waals surface area contributed by atoms with Crippen LogP contribution in [0.15, 0.2) is 0 Å². The molecule has 1 nitrogen and oxygen atoms in total. The average Bonchev–Trinajstić information content (AvgIpc) is 2.17. The van der Waals surface area contributed by atoms with Crippen LogP contribution in [0.4, 0.5) is 0 Å². The fourth-order valence-corrected chi connectivity index (χ4v) is 3.10. The van der Waals surface area contributed by atoms with Crippen molar-refractivity contribution in [1.82, 2.24) is 4.90 Å². The van der Waals surface area contributed by atoms with Crippen molar-refractivity contribution in [3.63, 3.8) is 0 Å². The molecule has 2 fully saturated rings. The van der Waals surface area contributed by atoms with Gasteiger partial charge in [0.15, 0.2) is 0 Å². The number of rotatable bonds is 1. The number of nitrogens with zero attached hydrogens (tertiary/aromatic N) is 1. The molecule has 1 saturated heterocycles. The van der Waals surface area contributed by atoms with E-state index in [1.54, 1.807) is 0 Å². The molecule has 86 valence electrons. The molecule has 0 N–H and O–H groups in total. The van der Waals surface area contributed by atoms with Gasteiger partial charge in [-0.05, 0) is 45.1 Å². The van der Waals surface area contributed by atoms with Gasteiger partial charge in [0, 0.05) is 14.0 Å². The van der Waals surface area contributed by atoms with Crippen molar-refractivity contribution in [2.24, 2.45) is 11.8 Å². The highest BCUT2D eigenvalue weighted by molar-refractivity contribution is 4.84. The SMILES string of the molecule is C.CC(C)N1CCC2CCCCC2C1.[2HH]. The van der Waals surface area contributed by atoms with Crippen LogP contribution in [0.2, 0.25) is 0 Å². The summed E-state index contributed by atoms with van der Waals surface area (Å²) < 4.78 is 0. The average molecular weight is 200 g/mol. The van der Waals surface area contributed by atoms with Crippen LogP contribution < -0.4 is 0 Å². The van der Waals surface area contributed by atoms with Gasteiger partial charge in [0.05, 0.1) is 0 Å². The smallest absolute Gasteiger partial charge is 0.00387 e. The Morgan fingerprint density at radius 1 is 1.07 bits per heavy atom. The summed E-state index contributed by atoms with van der Waals surface area (Å²) >= 11 is 0. The molecule has 2 aliphatic rings. The Morgan fingerprint density at radius 3 is 2.36 bits per heavy atom. The first kappa shape index (κ1) is 12.0. The summed E-state index contributed by atoms with van der Waals surface area (Å²) in [6.07, 6.45) is 7.50. The van der Waals surface area contributed by atoms with Gasteiger partial charge in [0.2, 0.25) is 0 Å². The number of hydrogen-bond donors (Lipinski definition) is 0. The lowest BCUT2D eigenvalue weighted by Crippen LogP contribution is -2.44. The number of fused-ring (bicyclic) bond motifs is 1. The molecule has 2 unspecified atom stereocenters. The molecule has 0 amide bonds. The molecule has 1 aliphatic carbocycles. The lowest BCUT2D eigenvalue weighted by Gasteiger charge is -2.42. The normalized spacial score (nSPS) is 33.6. The second kappa shape index (κ2) is 5.16. The third kappa shape index (κ3) is 2.50. The summed E-state index contributed by atoms with van der Waals surface area (Å²) in [6.45, 7) is 7.42. The lowest BCUT2D eigenvalue weighted by molar-refractivity contribution is 0.0669. The zero-order valence-corrected chi connectivity index (χ0v) is 9.13. The van der Waals surface area contributed by atoms with Crippen LogP contribution in [0.3, 0.4) is 0 Å². The summed E-state index contributed by atoms with van der Waals surface area (Å²) in [5.74, 6) is 2.13. The van der Waals surface area contributed by atoms with E-state index < -0.39 is 0 Å². The van der Waals surface area contributed by atoms with Gasteiger partial charge in [-0.3, -0.25) is 0 Å². The van der Waals surface area contributed by atoms with Crippen LogP contribution in [0.5, 0.6) is 0 Å². The molecule has 0 spiro atoms. The predicted octanol–water partition coefficient (Wildman–Crippen LogP) is 3.79. The second-order valence-corrected chi connectivity index (χ2v) is 5.18. The zero-order valence-electron chi connectivity index (χ0n) is 9.13. The van der Waals surface area contributed by atoms with Gasteiger partial charge >= 0.3 is 0 Å². The van der Waals surface area contributed by atoms with Gasteiger partial charge in [-0.25, -0.2) is 0 Å². The maximum atomic E-state index is 2.67. The van der Waals surface area contributed by atoms with Gasteiger partial charge in [-0.1, -0.05) is 26.7 Å². The number of hydrogen-bond acceptors (Lipinski definition) is 1. The molecular weight excluding hydrogens is 170 g/mol. The first-order valence-electron chi connectivity index (χ1n) is 6.01. The minimum Gasteiger partial charge on any atom is -0.301 e. The molecule has 2 atom stereocenters. The molecule has 14 heavy (non-hydrogen) atoms. The second-order valence-electron chi connectivity index (χ2n) is 5.18. The first-order chi connectivity index (χ1) is 6.27. The fraction of sp³-hybridized carbons (Fsp3) is 1.00. The zero-order chi connectivity index (χ0) is 9.26. The third-order valence-corrected chi connectivity index (χ3v) is 4.05. The molecule has 2 rings (SSSR count). The molecule has 1 aliphatic heterocycles. The third-order valence-electron chi connectivity index (χ3n) is 4.05. The van der Waals surface area contributed by atoms with Crippen molar-refractivity contribution in [3.05, 3.63) is 0 Å². The quantitative estimate of drug-likeness (QED) is 0.622. The molecule has 0 bridgehead atoms. The number of piperidine rings is 1. The predicted molar refractivity (Wildman–Crippen MR) is 65.6 cm³/mol. The highest BCUT2D eigenvalue weighted by Crippen LogP contribution is 2.36. The van der Waals surface area contributed by atoms with Crippen molar-refractivity contribution in [2.75, 3.05) is 13.1 Å². The van der Waals surface area contributed by atoms with Crippen LogP contribution >= 0.6 is 0 Å². The van der Waals surface area contributed by atoms with E-state index in [0.29, 0.717) is 0 Å². The van der Waals surface area contributed by atoms with Crippen LogP contribution in [-0.2, 0) is 0 Å². The van der Waals surface area contributed by atoms with E-state index in [2.05, 4.69) is 18.7 Å². The molecule has 1 heteroatoms.